The van der Waals surface area contributed by atoms with Gasteiger partial charge in [0.15, 0.2) is 0 Å². The van der Waals surface area contributed by atoms with E-state index in [1.54, 1.807) is 24.3 Å². The molecule has 0 aliphatic rings. The van der Waals surface area contributed by atoms with E-state index in [0.29, 0.717) is 29.1 Å². The van der Waals surface area contributed by atoms with E-state index in [9.17, 15) is 15.1 Å². The number of carbonyl (C=O) groups is 1. The first-order valence-corrected chi connectivity index (χ1v) is 10.8. The molecule has 0 radical (unpaired) electrons. The Labute approximate surface area is 196 Å². The monoisotopic (exact) mass is 456 g/mol. The van der Waals surface area contributed by atoms with Crippen molar-refractivity contribution in [2.24, 2.45) is 5.16 Å². The smallest absolute Gasteiger partial charge is 0.335 e. The van der Waals surface area contributed by atoms with E-state index in [-0.39, 0.29) is 5.56 Å². The summed E-state index contributed by atoms with van der Waals surface area (Å²) < 4.78 is 0. The van der Waals surface area contributed by atoms with E-state index in [2.05, 4.69) is 10.1 Å². The van der Waals surface area contributed by atoms with Gasteiger partial charge in [-0.1, -0.05) is 71.4 Å². The molecule has 0 saturated carbocycles. The van der Waals surface area contributed by atoms with Gasteiger partial charge < -0.3 is 10.3 Å². The van der Waals surface area contributed by atoms with Crippen molar-refractivity contribution in [1.29, 1.82) is 0 Å². The molecule has 3 aromatic carbocycles. The Kier molecular flexibility index (Phi) is 6.81. The SMILES string of the molecule is O=C(O)c1ccccc1CC/C(=N/O)c1cccc(/C=C/c2ccc3ccc(Cl)cc3n2)c1. The van der Waals surface area contributed by atoms with Crippen LogP contribution in [0.3, 0.4) is 0 Å². The molecule has 0 saturated heterocycles. The zero-order chi connectivity index (χ0) is 23.2. The maximum atomic E-state index is 11.4. The number of carboxylic acid groups (broad SMARTS) is 1. The van der Waals surface area contributed by atoms with Crippen LogP contribution < -0.4 is 0 Å². The number of aryl methyl sites for hydroxylation is 1. The summed E-state index contributed by atoms with van der Waals surface area (Å²) >= 11 is 6.07. The molecule has 0 aliphatic heterocycles. The van der Waals surface area contributed by atoms with Gasteiger partial charge in [0, 0.05) is 10.4 Å². The molecule has 0 spiro atoms. The summed E-state index contributed by atoms with van der Waals surface area (Å²) in [7, 11) is 0. The lowest BCUT2D eigenvalue weighted by molar-refractivity contribution is 0.0695. The second-order valence-electron chi connectivity index (χ2n) is 7.54. The van der Waals surface area contributed by atoms with Gasteiger partial charge in [-0.25, -0.2) is 9.78 Å². The van der Waals surface area contributed by atoms with Gasteiger partial charge in [-0.2, -0.15) is 0 Å². The van der Waals surface area contributed by atoms with Gasteiger partial charge in [-0.15, -0.1) is 0 Å². The van der Waals surface area contributed by atoms with E-state index in [1.165, 1.54) is 0 Å². The summed E-state index contributed by atoms with van der Waals surface area (Å²) in [6.45, 7) is 0. The quantitative estimate of drug-likeness (QED) is 0.187. The second kappa shape index (κ2) is 10.1. The van der Waals surface area contributed by atoms with E-state index < -0.39 is 5.97 Å². The molecular weight excluding hydrogens is 436 g/mol. The van der Waals surface area contributed by atoms with Gasteiger partial charge in [-0.05, 0) is 65.9 Å². The number of benzene rings is 3. The van der Waals surface area contributed by atoms with Crippen molar-refractivity contribution in [3.8, 4) is 0 Å². The predicted molar refractivity (Wildman–Crippen MR) is 132 cm³/mol. The Morgan fingerprint density at radius 3 is 2.61 bits per heavy atom. The fraction of sp³-hybridized carbons (Fsp3) is 0.0741. The van der Waals surface area contributed by atoms with Crippen LogP contribution in [0.1, 0.15) is 39.2 Å². The normalized spacial score (nSPS) is 11.8. The van der Waals surface area contributed by atoms with Crippen molar-refractivity contribution in [1.82, 2.24) is 4.98 Å². The highest BCUT2D eigenvalue weighted by molar-refractivity contribution is 6.31. The summed E-state index contributed by atoms with van der Waals surface area (Å²) in [6.07, 6.45) is 4.71. The minimum atomic E-state index is -0.968. The fourth-order valence-corrected chi connectivity index (χ4v) is 3.82. The Balaban J connectivity index is 1.51. The van der Waals surface area contributed by atoms with Gasteiger partial charge in [0.1, 0.15) is 0 Å². The number of hydrogen-bond acceptors (Lipinski definition) is 4. The van der Waals surface area contributed by atoms with Gasteiger partial charge in [0.2, 0.25) is 0 Å². The summed E-state index contributed by atoms with van der Waals surface area (Å²) in [5.41, 5.74) is 4.77. The number of aromatic carboxylic acids is 1. The minimum Gasteiger partial charge on any atom is -0.478 e. The maximum absolute atomic E-state index is 11.4. The van der Waals surface area contributed by atoms with Crippen LogP contribution in [0.4, 0.5) is 0 Å². The lowest BCUT2D eigenvalue weighted by Gasteiger charge is -2.08. The highest BCUT2D eigenvalue weighted by Gasteiger charge is 2.11. The highest BCUT2D eigenvalue weighted by Crippen LogP contribution is 2.20. The molecule has 1 aromatic heterocycles. The van der Waals surface area contributed by atoms with Crippen LogP contribution >= 0.6 is 11.6 Å². The number of halogens is 1. The predicted octanol–water partition coefficient (Wildman–Crippen LogP) is 6.57. The third kappa shape index (κ3) is 5.45. The van der Waals surface area contributed by atoms with Gasteiger partial charge >= 0.3 is 5.97 Å². The molecule has 5 nitrogen and oxygen atoms in total. The standard InChI is InChI=1S/C27H21ClN2O3/c28-22-12-9-20-10-14-23(29-26(20)17-22)13-8-18-4-3-6-21(16-18)25(30-33)15-11-19-5-1-2-7-24(19)27(31)32/h1-10,12-14,16-17,33H,11,15H2,(H,31,32)/b13-8+,30-25-. The zero-order valence-corrected chi connectivity index (χ0v) is 18.4. The minimum absolute atomic E-state index is 0.260. The third-order valence-corrected chi connectivity index (χ3v) is 5.58. The number of carboxylic acids is 1. The fourth-order valence-electron chi connectivity index (χ4n) is 3.65. The molecule has 4 rings (SSSR count). The molecule has 0 unspecified atom stereocenters. The lowest BCUT2D eigenvalue weighted by Crippen LogP contribution is -2.07. The van der Waals surface area contributed by atoms with E-state index in [0.717, 1.165) is 27.7 Å². The molecule has 164 valence electrons. The Hall–Kier alpha value is -3.96. The Morgan fingerprint density at radius 2 is 1.79 bits per heavy atom. The Bertz CT molecular complexity index is 1380. The highest BCUT2D eigenvalue weighted by atomic mass is 35.5. The number of pyridine rings is 1. The molecular formula is C27H21ClN2O3. The van der Waals surface area contributed by atoms with Crippen LogP contribution in [-0.2, 0) is 6.42 Å². The van der Waals surface area contributed by atoms with Gasteiger partial charge in [-0.3, -0.25) is 0 Å². The summed E-state index contributed by atoms with van der Waals surface area (Å²) in [6, 6.07) is 24.0. The van der Waals surface area contributed by atoms with Crippen molar-refractivity contribution in [3.05, 3.63) is 112 Å². The molecule has 33 heavy (non-hydrogen) atoms. The molecule has 2 N–H and O–H groups in total. The Morgan fingerprint density at radius 1 is 0.970 bits per heavy atom. The number of oxime groups is 1. The van der Waals surface area contributed by atoms with E-state index in [4.69, 9.17) is 11.6 Å². The number of rotatable bonds is 7. The second-order valence-corrected chi connectivity index (χ2v) is 7.98. The first kappa shape index (κ1) is 22.2. The molecule has 6 heteroatoms. The molecule has 0 atom stereocenters. The third-order valence-electron chi connectivity index (χ3n) is 5.34. The topological polar surface area (TPSA) is 82.8 Å². The van der Waals surface area contributed by atoms with Crippen LogP contribution in [0.2, 0.25) is 5.02 Å². The van der Waals surface area contributed by atoms with Crippen molar-refractivity contribution in [2.75, 3.05) is 0 Å². The van der Waals surface area contributed by atoms with Crippen LogP contribution in [0.15, 0.2) is 84.0 Å². The lowest BCUT2D eigenvalue weighted by atomic mass is 9.97. The van der Waals surface area contributed by atoms with Gasteiger partial charge in [0.05, 0.1) is 22.5 Å². The molecule has 0 aliphatic carbocycles. The summed E-state index contributed by atoms with van der Waals surface area (Å²) in [5.74, 6) is -0.968. The maximum Gasteiger partial charge on any atom is 0.335 e. The molecule has 0 fully saturated rings. The summed E-state index contributed by atoms with van der Waals surface area (Å²) in [5, 5.41) is 24.1. The first-order valence-electron chi connectivity index (χ1n) is 10.4. The molecule has 0 amide bonds. The number of aromatic nitrogens is 1. The number of hydrogen-bond donors (Lipinski definition) is 2. The summed E-state index contributed by atoms with van der Waals surface area (Å²) in [4.78, 5) is 16.1. The van der Waals surface area contributed by atoms with Crippen molar-refractivity contribution < 1.29 is 15.1 Å². The van der Waals surface area contributed by atoms with E-state index in [1.807, 2.05) is 66.7 Å². The van der Waals surface area contributed by atoms with Crippen LogP contribution in [0.5, 0.6) is 0 Å². The molecule has 0 bridgehead atoms. The van der Waals surface area contributed by atoms with Crippen LogP contribution in [-0.4, -0.2) is 27.0 Å². The largest absolute Gasteiger partial charge is 0.478 e. The molecule has 1 heterocycles. The van der Waals surface area contributed by atoms with E-state index >= 15 is 0 Å². The number of fused-ring (bicyclic) bond motifs is 1. The zero-order valence-electron chi connectivity index (χ0n) is 17.6. The van der Waals surface area contributed by atoms with Crippen molar-refractivity contribution >= 4 is 46.3 Å². The van der Waals surface area contributed by atoms with Crippen molar-refractivity contribution in [3.63, 3.8) is 0 Å². The average molecular weight is 457 g/mol. The van der Waals surface area contributed by atoms with Crippen LogP contribution in [0.25, 0.3) is 23.1 Å². The van der Waals surface area contributed by atoms with Gasteiger partial charge in [0.25, 0.3) is 0 Å². The average Bonchev–Trinajstić information content (AvgIpc) is 2.83. The molecule has 4 aromatic rings. The number of nitrogens with zero attached hydrogens (tertiary/aromatic N) is 2. The van der Waals surface area contributed by atoms with Crippen LogP contribution in [0, 0.1) is 0 Å². The first-order chi connectivity index (χ1) is 16.0. The van der Waals surface area contributed by atoms with Crippen molar-refractivity contribution in [2.45, 2.75) is 12.8 Å².